The van der Waals surface area contributed by atoms with E-state index < -0.39 is 12.1 Å². The molecule has 11 heavy (non-hydrogen) atoms. The summed E-state index contributed by atoms with van der Waals surface area (Å²) in [6, 6.07) is 0. The zero-order valence-corrected chi connectivity index (χ0v) is 6.19. The molecule has 1 rings (SSSR count). The number of carboxylic acid groups (broad SMARTS) is 1. The van der Waals surface area contributed by atoms with E-state index in [1.54, 1.807) is 0 Å². The van der Waals surface area contributed by atoms with Gasteiger partial charge in [0.2, 0.25) is 0 Å². The third kappa shape index (κ3) is 2.48. The molecular formula is C7H12O4. The van der Waals surface area contributed by atoms with E-state index in [0.717, 1.165) is 0 Å². The number of ether oxygens (including phenoxy) is 1. The molecule has 1 aliphatic heterocycles. The van der Waals surface area contributed by atoms with Gasteiger partial charge < -0.3 is 14.9 Å². The molecule has 1 heterocycles. The Labute approximate surface area is 64.8 Å². The number of carbonyl (C=O) groups is 1. The lowest BCUT2D eigenvalue weighted by atomic mass is 9.94. The van der Waals surface area contributed by atoms with E-state index in [1.807, 2.05) is 0 Å². The molecule has 0 spiro atoms. The minimum absolute atomic E-state index is 0.0462. The van der Waals surface area contributed by atoms with E-state index in [-0.39, 0.29) is 18.9 Å². The molecule has 0 bridgehead atoms. The van der Waals surface area contributed by atoms with Crippen LogP contribution < -0.4 is 0 Å². The number of hydrogen-bond acceptors (Lipinski definition) is 3. The molecule has 64 valence electrons. The Balaban J connectivity index is 2.35. The van der Waals surface area contributed by atoms with Crippen molar-refractivity contribution >= 4 is 5.97 Å². The highest BCUT2D eigenvalue weighted by atomic mass is 16.5. The lowest BCUT2D eigenvalue weighted by Gasteiger charge is -2.26. The minimum Gasteiger partial charge on any atom is -0.481 e. The second kappa shape index (κ2) is 3.69. The summed E-state index contributed by atoms with van der Waals surface area (Å²) >= 11 is 0. The lowest BCUT2D eigenvalue weighted by Crippen LogP contribution is -2.33. The second-order valence-electron chi connectivity index (χ2n) is 2.79. The molecular weight excluding hydrogens is 148 g/mol. The van der Waals surface area contributed by atoms with Gasteiger partial charge in [0.1, 0.15) is 0 Å². The molecule has 1 saturated heterocycles. The second-order valence-corrected chi connectivity index (χ2v) is 2.79. The maximum Gasteiger partial charge on any atom is 0.303 e. The summed E-state index contributed by atoms with van der Waals surface area (Å²) < 4.78 is 4.95. The van der Waals surface area contributed by atoms with E-state index >= 15 is 0 Å². The largest absolute Gasteiger partial charge is 0.481 e. The molecule has 0 amide bonds. The van der Waals surface area contributed by atoms with Gasteiger partial charge in [-0.2, -0.15) is 0 Å². The number of hydrogen-bond donors (Lipinski definition) is 2. The highest BCUT2D eigenvalue weighted by molar-refractivity contribution is 5.67. The van der Waals surface area contributed by atoms with Crippen molar-refractivity contribution in [3.05, 3.63) is 0 Å². The maximum absolute atomic E-state index is 10.3. The van der Waals surface area contributed by atoms with Gasteiger partial charge in [-0.1, -0.05) is 0 Å². The molecule has 0 aromatic carbocycles. The molecule has 0 aliphatic carbocycles. The van der Waals surface area contributed by atoms with E-state index in [9.17, 15) is 9.90 Å². The predicted molar refractivity (Wildman–Crippen MR) is 37.2 cm³/mol. The number of carboxylic acids is 1. The van der Waals surface area contributed by atoms with Gasteiger partial charge in [-0.25, -0.2) is 0 Å². The molecule has 2 N–H and O–H groups in total. The monoisotopic (exact) mass is 160 g/mol. The van der Waals surface area contributed by atoms with Crippen LogP contribution in [0.1, 0.15) is 12.8 Å². The fourth-order valence-electron chi connectivity index (χ4n) is 1.23. The zero-order chi connectivity index (χ0) is 8.27. The smallest absolute Gasteiger partial charge is 0.303 e. The summed E-state index contributed by atoms with van der Waals surface area (Å²) in [6.45, 7) is 0.840. The van der Waals surface area contributed by atoms with Crippen LogP contribution in [0.5, 0.6) is 0 Å². The van der Waals surface area contributed by atoms with Crippen molar-refractivity contribution in [3.8, 4) is 0 Å². The minimum atomic E-state index is -0.851. The highest BCUT2D eigenvalue weighted by Gasteiger charge is 2.25. The first-order chi connectivity index (χ1) is 5.20. The summed E-state index contributed by atoms with van der Waals surface area (Å²) in [4.78, 5) is 10.3. The summed E-state index contributed by atoms with van der Waals surface area (Å²) in [5.41, 5.74) is 0. The number of aliphatic hydroxyl groups excluding tert-OH is 1. The first kappa shape index (κ1) is 8.49. The van der Waals surface area contributed by atoms with Crippen LogP contribution in [0.2, 0.25) is 0 Å². The van der Waals surface area contributed by atoms with Gasteiger partial charge in [0.05, 0.1) is 19.1 Å². The zero-order valence-electron chi connectivity index (χ0n) is 6.19. The van der Waals surface area contributed by atoms with Crippen LogP contribution in [0.3, 0.4) is 0 Å². The first-order valence-electron chi connectivity index (χ1n) is 3.67. The SMILES string of the molecule is O=C(O)C[C@@H]1CCOC[C@@H]1O. The topological polar surface area (TPSA) is 66.8 Å². The van der Waals surface area contributed by atoms with Crippen LogP contribution in [0, 0.1) is 5.92 Å². The third-order valence-corrected chi connectivity index (χ3v) is 1.90. The van der Waals surface area contributed by atoms with Gasteiger partial charge in [0.25, 0.3) is 0 Å². The van der Waals surface area contributed by atoms with Gasteiger partial charge in [-0.3, -0.25) is 4.79 Å². The Hall–Kier alpha value is -0.610. The van der Waals surface area contributed by atoms with E-state index in [4.69, 9.17) is 9.84 Å². The molecule has 0 aromatic heterocycles. The van der Waals surface area contributed by atoms with Crippen molar-refractivity contribution in [2.75, 3.05) is 13.2 Å². The van der Waals surface area contributed by atoms with Crippen LogP contribution in [-0.2, 0) is 9.53 Å². The molecule has 4 nitrogen and oxygen atoms in total. The highest BCUT2D eigenvalue weighted by Crippen LogP contribution is 2.18. The maximum atomic E-state index is 10.3. The average Bonchev–Trinajstić information content (AvgIpc) is 1.93. The molecule has 0 radical (unpaired) electrons. The van der Waals surface area contributed by atoms with Gasteiger partial charge in [-0.05, 0) is 12.3 Å². The standard InChI is InChI=1S/C7H12O4/c8-6-4-11-2-1-5(6)3-7(9)10/h5-6,8H,1-4H2,(H,9,10)/t5-,6-/m0/s1. The average molecular weight is 160 g/mol. The van der Waals surface area contributed by atoms with Crippen molar-refractivity contribution in [2.45, 2.75) is 18.9 Å². The summed E-state index contributed by atoms with van der Waals surface area (Å²) in [7, 11) is 0. The van der Waals surface area contributed by atoms with E-state index in [2.05, 4.69) is 0 Å². The summed E-state index contributed by atoms with van der Waals surface area (Å²) in [6.07, 6.45) is 0.0951. The van der Waals surface area contributed by atoms with Crippen molar-refractivity contribution in [3.63, 3.8) is 0 Å². The number of aliphatic hydroxyl groups is 1. The Morgan fingerprint density at radius 1 is 1.64 bits per heavy atom. The van der Waals surface area contributed by atoms with Gasteiger partial charge in [0, 0.05) is 6.61 Å². The van der Waals surface area contributed by atoms with E-state index in [1.165, 1.54) is 0 Å². The molecule has 0 unspecified atom stereocenters. The Kier molecular flexibility index (Phi) is 2.84. The van der Waals surface area contributed by atoms with Crippen LogP contribution in [0.4, 0.5) is 0 Å². The molecule has 2 atom stereocenters. The number of aliphatic carboxylic acids is 1. The van der Waals surface area contributed by atoms with Gasteiger partial charge >= 0.3 is 5.97 Å². The van der Waals surface area contributed by atoms with Crippen LogP contribution >= 0.6 is 0 Å². The molecule has 1 aliphatic rings. The first-order valence-corrected chi connectivity index (χ1v) is 3.67. The molecule has 0 saturated carbocycles. The van der Waals surface area contributed by atoms with Gasteiger partial charge in [-0.15, -0.1) is 0 Å². The Morgan fingerprint density at radius 2 is 2.36 bits per heavy atom. The molecule has 0 aromatic rings. The fourth-order valence-corrected chi connectivity index (χ4v) is 1.23. The quantitative estimate of drug-likeness (QED) is 0.590. The van der Waals surface area contributed by atoms with Crippen LogP contribution in [-0.4, -0.2) is 35.5 Å². The fraction of sp³-hybridized carbons (Fsp3) is 0.857. The van der Waals surface area contributed by atoms with Gasteiger partial charge in [0.15, 0.2) is 0 Å². The van der Waals surface area contributed by atoms with Crippen molar-refractivity contribution in [1.82, 2.24) is 0 Å². The summed E-state index contributed by atoms with van der Waals surface area (Å²) in [5.74, 6) is -0.975. The van der Waals surface area contributed by atoms with Crippen LogP contribution in [0.25, 0.3) is 0 Å². The normalized spacial score (nSPS) is 31.7. The van der Waals surface area contributed by atoms with Crippen molar-refractivity contribution < 1.29 is 19.7 Å². The Morgan fingerprint density at radius 3 is 2.91 bits per heavy atom. The van der Waals surface area contributed by atoms with E-state index in [0.29, 0.717) is 13.0 Å². The van der Waals surface area contributed by atoms with Crippen molar-refractivity contribution in [2.24, 2.45) is 5.92 Å². The Bertz CT molecular complexity index is 145. The van der Waals surface area contributed by atoms with Crippen LogP contribution in [0.15, 0.2) is 0 Å². The summed E-state index contributed by atoms with van der Waals surface area (Å²) in [5, 5.41) is 17.7. The predicted octanol–water partition coefficient (Wildman–Crippen LogP) is -0.142. The van der Waals surface area contributed by atoms with Crippen molar-refractivity contribution in [1.29, 1.82) is 0 Å². The molecule has 4 heteroatoms. The lowest BCUT2D eigenvalue weighted by molar-refractivity contribution is -0.141. The molecule has 1 fully saturated rings. The number of rotatable bonds is 2. The third-order valence-electron chi connectivity index (χ3n) is 1.90.